The third kappa shape index (κ3) is 2.84. The Kier molecular flexibility index (Phi) is 3.46. The molecule has 3 unspecified atom stereocenters. The van der Waals surface area contributed by atoms with Crippen molar-refractivity contribution in [3.05, 3.63) is 0 Å². The lowest BCUT2D eigenvalue weighted by molar-refractivity contribution is 0.229. The first-order chi connectivity index (χ1) is 7.28. The van der Waals surface area contributed by atoms with Crippen LogP contribution in [0.3, 0.4) is 0 Å². The Morgan fingerprint density at radius 2 is 2.27 bits per heavy atom. The van der Waals surface area contributed by atoms with Crippen LogP contribution in [0.15, 0.2) is 0 Å². The summed E-state index contributed by atoms with van der Waals surface area (Å²) in [5, 5.41) is 9.42. The minimum Gasteiger partial charge on any atom is -0.338 e. The number of amides is 2. The molecule has 0 spiro atoms. The Balaban J connectivity index is 1.73. The van der Waals surface area contributed by atoms with Crippen molar-refractivity contribution in [2.45, 2.75) is 44.7 Å². The molecular formula is C11H21N3O. The van der Waals surface area contributed by atoms with Crippen LogP contribution in [0, 0.1) is 5.92 Å². The molecule has 86 valence electrons. The van der Waals surface area contributed by atoms with Crippen molar-refractivity contribution < 1.29 is 4.79 Å². The Morgan fingerprint density at radius 1 is 1.40 bits per heavy atom. The van der Waals surface area contributed by atoms with Gasteiger partial charge in [0, 0.05) is 18.6 Å². The Bertz CT molecular complexity index is 220. The van der Waals surface area contributed by atoms with Gasteiger partial charge < -0.3 is 16.0 Å². The molecule has 3 atom stereocenters. The van der Waals surface area contributed by atoms with Gasteiger partial charge in [-0.1, -0.05) is 6.92 Å². The molecule has 0 radical (unpaired) electrons. The van der Waals surface area contributed by atoms with Gasteiger partial charge in [-0.2, -0.15) is 0 Å². The van der Waals surface area contributed by atoms with Gasteiger partial charge in [-0.15, -0.1) is 0 Å². The molecule has 1 saturated heterocycles. The molecule has 1 aliphatic heterocycles. The fourth-order valence-corrected chi connectivity index (χ4v) is 2.70. The van der Waals surface area contributed by atoms with Crippen LogP contribution in [-0.2, 0) is 0 Å². The smallest absolute Gasteiger partial charge is 0.315 e. The average Bonchev–Trinajstić information content (AvgIpc) is 2.55. The molecule has 0 aromatic rings. The fraction of sp³-hybridized carbons (Fsp3) is 0.909. The van der Waals surface area contributed by atoms with Crippen LogP contribution in [-0.4, -0.2) is 31.2 Å². The van der Waals surface area contributed by atoms with Gasteiger partial charge in [-0.25, -0.2) is 4.79 Å². The largest absolute Gasteiger partial charge is 0.338 e. The summed E-state index contributed by atoms with van der Waals surface area (Å²) in [4.78, 5) is 11.5. The molecule has 2 rings (SSSR count). The van der Waals surface area contributed by atoms with Gasteiger partial charge in [0.25, 0.3) is 0 Å². The highest BCUT2D eigenvalue weighted by atomic mass is 16.2. The number of fused-ring (bicyclic) bond motifs is 2. The standard InChI is InChI=1S/C11H21N3O/c1-2-3-12-11(15)14-10-5-8-4-9(6-10)13-7-8/h8-10,13H,2-7H2,1H3,(H2,12,14,15). The normalized spacial score (nSPS) is 33.8. The zero-order valence-corrected chi connectivity index (χ0v) is 9.38. The summed E-state index contributed by atoms with van der Waals surface area (Å²) in [5.41, 5.74) is 0. The van der Waals surface area contributed by atoms with E-state index in [0.717, 1.165) is 38.3 Å². The molecule has 2 aliphatic rings. The van der Waals surface area contributed by atoms with Crippen LogP contribution in [0.25, 0.3) is 0 Å². The first kappa shape index (κ1) is 10.7. The van der Waals surface area contributed by atoms with Gasteiger partial charge in [0.1, 0.15) is 0 Å². The van der Waals surface area contributed by atoms with Crippen LogP contribution in [0.4, 0.5) is 4.79 Å². The minimum atomic E-state index is 0.00292. The van der Waals surface area contributed by atoms with Crippen LogP contribution >= 0.6 is 0 Å². The van der Waals surface area contributed by atoms with E-state index in [-0.39, 0.29) is 6.03 Å². The summed E-state index contributed by atoms with van der Waals surface area (Å²) in [6.45, 7) is 3.97. The van der Waals surface area contributed by atoms with Crippen molar-refractivity contribution in [2.75, 3.05) is 13.1 Å². The monoisotopic (exact) mass is 211 g/mol. The maximum atomic E-state index is 11.5. The molecule has 1 aliphatic carbocycles. The lowest BCUT2D eigenvalue weighted by Gasteiger charge is -2.27. The molecule has 4 heteroatoms. The van der Waals surface area contributed by atoms with Crippen molar-refractivity contribution in [1.29, 1.82) is 0 Å². The second-order valence-corrected chi connectivity index (χ2v) is 4.78. The van der Waals surface area contributed by atoms with Crippen LogP contribution in [0.2, 0.25) is 0 Å². The summed E-state index contributed by atoms with van der Waals surface area (Å²) in [6.07, 6.45) is 4.53. The quantitative estimate of drug-likeness (QED) is 0.648. The van der Waals surface area contributed by atoms with E-state index >= 15 is 0 Å². The lowest BCUT2D eigenvalue weighted by atomic mass is 9.87. The van der Waals surface area contributed by atoms with E-state index in [1.807, 2.05) is 0 Å². The maximum absolute atomic E-state index is 11.5. The molecule has 15 heavy (non-hydrogen) atoms. The predicted octanol–water partition coefficient (Wildman–Crippen LogP) is 0.836. The van der Waals surface area contributed by atoms with Crippen LogP contribution < -0.4 is 16.0 Å². The van der Waals surface area contributed by atoms with Crippen LogP contribution in [0.1, 0.15) is 32.6 Å². The van der Waals surface area contributed by atoms with Crippen LogP contribution in [0.5, 0.6) is 0 Å². The Morgan fingerprint density at radius 3 is 3.00 bits per heavy atom. The number of urea groups is 1. The fourth-order valence-electron chi connectivity index (χ4n) is 2.70. The van der Waals surface area contributed by atoms with E-state index in [1.165, 1.54) is 6.42 Å². The minimum absolute atomic E-state index is 0.00292. The number of hydrogen-bond donors (Lipinski definition) is 3. The van der Waals surface area contributed by atoms with Gasteiger partial charge >= 0.3 is 6.03 Å². The van der Waals surface area contributed by atoms with E-state index in [2.05, 4.69) is 22.9 Å². The number of rotatable bonds is 3. The van der Waals surface area contributed by atoms with E-state index in [9.17, 15) is 4.79 Å². The maximum Gasteiger partial charge on any atom is 0.315 e. The van der Waals surface area contributed by atoms with Crippen molar-refractivity contribution in [3.8, 4) is 0 Å². The summed E-state index contributed by atoms with van der Waals surface area (Å²) in [6, 6.07) is 1.02. The summed E-state index contributed by atoms with van der Waals surface area (Å²) >= 11 is 0. The number of carbonyl (C=O) groups is 1. The van der Waals surface area contributed by atoms with Gasteiger partial charge in [-0.3, -0.25) is 0 Å². The van der Waals surface area contributed by atoms with Gasteiger partial charge in [0.2, 0.25) is 0 Å². The van der Waals surface area contributed by atoms with Gasteiger partial charge in [0.15, 0.2) is 0 Å². The molecule has 2 fully saturated rings. The molecular weight excluding hydrogens is 190 g/mol. The van der Waals surface area contributed by atoms with E-state index in [4.69, 9.17) is 0 Å². The van der Waals surface area contributed by atoms with Gasteiger partial charge in [0.05, 0.1) is 0 Å². The molecule has 2 bridgehead atoms. The third-order valence-corrected chi connectivity index (χ3v) is 3.37. The van der Waals surface area contributed by atoms with E-state index in [0.29, 0.717) is 12.1 Å². The van der Waals surface area contributed by atoms with Crippen molar-refractivity contribution in [2.24, 2.45) is 5.92 Å². The molecule has 1 saturated carbocycles. The second kappa shape index (κ2) is 4.84. The third-order valence-electron chi connectivity index (χ3n) is 3.37. The van der Waals surface area contributed by atoms with Crippen molar-refractivity contribution in [3.63, 3.8) is 0 Å². The highest BCUT2D eigenvalue weighted by Gasteiger charge is 2.34. The summed E-state index contributed by atoms with van der Waals surface area (Å²) in [7, 11) is 0. The first-order valence-corrected chi connectivity index (χ1v) is 6.05. The molecule has 0 aromatic carbocycles. The van der Waals surface area contributed by atoms with E-state index < -0.39 is 0 Å². The van der Waals surface area contributed by atoms with E-state index in [1.54, 1.807) is 0 Å². The molecule has 2 amide bonds. The highest BCUT2D eigenvalue weighted by molar-refractivity contribution is 5.74. The first-order valence-electron chi connectivity index (χ1n) is 6.05. The number of carbonyl (C=O) groups excluding carboxylic acids is 1. The lowest BCUT2D eigenvalue weighted by Crippen LogP contribution is -2.46. The van der Waals surface area contributed by atoms with Gasteiger partial charge in [-0.05, 0) is 38.1 Å². The van der Waals surface area contributed by atoms with Crippen molar-refractivity contribution in [1.82, 2.24) is 16.0 Å². The molecule has 1 heterocycles. The molecule has 3 N–H and O–H groups in total. The topological polar surface area (TPSA) is 53.2 Å². The average molecular weight is 211 g/mol. The highest BCUT2D eigenvalue weighted by Crippen LogP contribution is 2.29. The summed E-state index contributed by atoms with van der Waals surface area (Å²) < 4.78 is 0. The zero-order valence-electron chi connectivity index (χ0n) is 9.38. The number of hydrogen-bond acceptors (Lipinski definition) is 2. The SMILES string of the molecule is CCCNC(=O)NC1CC2CNC(C2)C1. The molecule has 0 aromatic heterocycles. The second-order valence-electron chi connectivity index (χ2n) is 4.78. The summed E-state index contributed by atoms with van der Waals surface area (Å²) in [5.74, 6) is 0.778. The number of nitrogens with one attached hydrogen (secondary N) is 3. The Hall–Kier alpha value is -0.770. The Labute approximate surface area is 91.2 Å². The zero-order chi connectivity index (χ0) is 10.7. The predicted molar refractivity (Wildman–Crippen MR) is 59.7 cm³/mol. The van der Waals surface area contributed by atoms with Crippen molar-refractivity contribution >= 4 is 6.03 Å². The molecule has 4 nitrogen and oxygen atoms in total.